The largest absolute Gasteiger partial charge is 0.385 e. The van der Waals surface area contributed by atoms with Crippen molar-refractivity contribution in [3.8, 4) is 0 Å². The Hall–Kier alpha value is -0.940. The van der Waals surface area contributed by atoms with Gasteiger partial charge in [-0.25, -0.2) is 9.67 Å². The van der Waals surface area contributed by atoms with Gasteiger partial charge in [0.15, 0.2) is 0 Å². The van der Waals surface area contributed by atoms with E-state index in [1.165, 1.54) is 0 Å². The van der Waals surface area contributed by atoms with Gasteiger partial charge >= 0.3 is 0 Å². The second-order valence-electron chi connectivity index (χ2n) is 5.00. The van der Waals surface area contributed by atoms with Crippen molar-refractivity contribution in [3.63, 3.8) is 0 Å². The fourth-order valence-corrected chi connectivity index (χ4v) is 1.67. The summed E-state index contributed by atoms with van der Waals surface area (Å²) in [6.07, 6.45) is 2.66. The van der Waals surface area contributed by atoms with Crippen LogP contribution in [0.15, 0.2) is 6.33 Å². The van der Waals surface area contributed by atoms with Crippen molar-refractivity contribution >= 4 is 0 Å². The molecule has 0 radical (unpaired) electrons. The molecule has 1 aromatic rings. The maximum absolute atomic E-state index is 5.11. The number of ether oxygens (including phenoxy) is 1. The van der Waals surface area contributed by atoms with Crippen LogP contribution in [0.2, 0.25) is 0 Å². The van der Waals surface area contributed by atoms with Crippen LogP contribution in [0, 0.1) is 5.41 Å². The molecular formula is C12H24N4O. The van der Waals surface area contributed by atoms with E-state index >= 15 is 0 Å². The lowest BCUT2D eigenvalue weighted by Crippen LogP contribution is -2.31. The highest BCUT2D eigenvalue weighted by molar-refractivity contribution is 4.84. The zero-order valence-corrected chi connectivity index (χ0v) is 11.4. The smallest absolute Gasteiger partial charge is 0.140 e. The molecule has 0 bridgehead atoms. The highest BCUT2D eigenvalue weighted by Gasteiger charge is 2.17. The normalized spacial score (nSPS) is 12.0. The van der Waals surface area contributed by atoms with E-state index in [9.17, 15) is 0 Å². The van der Waals surface area contributed by atoms with Gasteiger partial charge in [-0.2, -0.15) is 5.10 Å². The molecule has 0 saturated heterocycles. The molecule has 0 saturated carbocycles. The van der Waals surface area contributed by atoms with Crippen LogP contribution in [0.1, 0.15) is 33.0 Å². The Morgan fingerprint density at radius 3 is 2.88 bits per heavy atom. The number of hydrogen-bond donors (Lipinski definition) is 1. The second-order valence-corrected chi connectivity index (χ2v) is 5.00. The molecular weight excluding hydrogens is 216 g/mol. The molecule has 1 N–H and O–H groups in total. The maximum Gasteiger partial charge on any atom is 0.140 e. The highest BCUT2D eigenvalue weighted by Crippen LogP contribution is 2.18. The summed E-state index contributed by atoms with van der Waals surface area (Å²) in [7, 11) is 1.74. The molecule has 0 unspecified atom stereocenters. The van der Waals surface area contributed by atoms with Gasteiger partial charge in [0.05, 0.1) is 6.54 Å². The molecule has 1 heterocycles. The number of rotatable bonds is 8. The Kier molecular flexibility index (Phi) is 5.58. The Balaban J connectivity index is 2.32. The van der Waals surface area contributed by atoms with Gasteiger partial charge in [-0.1, -0.05) is 13.8 Å². The summed E-state index contributed by atoms with van der Waals surface area (Å²) in [4.78, 5) is 4.23. The van der Waals surface area contributed by atoms with Crippen LogP contribution >= 0.6 is 0 Å². The van der Waals surface area contributed by atoms with Crippen molar-refractivity contribution in [2.75, 3.05) is 20.3 Å². The average Bonchev–Trinajstić information content (AvgIpc) is 2.74. The highest BCUT2D eigenvalue weighted by atomic mass is 16.5. The fraction of sp³-hybridized carbons (Fsp3) is 0.833. The van der Waals surface area contributed by atoms with Gasteiger partial charge in [0.1, 0.15) is 12.2 Å². The van der Waals surface area contributed by atoms with E-state index in [1.54, 1.807) is 13.4 Å². The first-order valence-corrected chi connectivity index (χ1v) is 6.15. The van der Waals surface area contributed by atoms with Crippen LogP contribution in [0.5, 0.6) is 0 Å². The number of aryl methyl sites for hydroxylation is 1. The summed E-state index contributed by atoms with van der Waals surface area (Å²) in [5.41, 5.74) is 0.243. The predicted octanol–water partition coefficient (Wildman–Crippen LogP) is 1.45. The van der Waals surface area contributed by atoms with Crippen LogP contribution in [-0.4, -0.2) is 35.0 Å². The number of methoxy groups -OCH3 is 1. The second kappa shape index (κ2) is 6.71. The quantitative estimate of drug-likeness (QED) is 0.747. The molecule has 1 aromatic heterocycles. The summed E-state index contributed by atoms with van der Waals surface area (Å²) in [5, 5.41) is 7.58. The van der Waals surface area contributed by atoms with Gasteiger partial charge in [-0.3, -0.25) is 0 Å². The minimum Gasteiger partial charge on any atom is -0.385 e. The van der Waals surface area contributed by atoms with Crippen molar-refractivity contribution in [1.82, 2.24) is 20.1 Å². The van der Waals surface area contributed by atoms with Crippen molar-refractivity contribution in [2.45, 2.75) is 40.3 Å². The SMILES string of the molecule is CCn1ncnc1CNCC(C)(C)CCOC. The van der Waals surface area contributed by atoms with E-state index in [0.717, 1.165) is 38.5 Å². The molecule has 98 valence electrons. The van der Waals surface area contributed by atoms with E-state index in [2.05, 4.69) is 36.2 Å². The van der Waals surface area contributed by atoms with Crippen molar-refractivity contribution in [3.05, 3.63) is 12.2 Å². The van der Waals surface area contributed by atoms with E-state index in [-0.39, 0.29) is 5.41 Å². The van der Waals surface area contributed by atoms with Gasteiger partial charge in [-0.05, 0) is 18.8 Å². The van der Waals surface area contributed by atoms with Gasteiger partial charge < -0.3 is 10.1 Å². The van der Waals surface area contributed by atoms with Crippen LogP contribution in [-0.2, 0) is 17.8 Å². The van der Waals surface area contributed by atoms with Crippen molar-refractivity contribution < 1.29 is 4.74 Å². The van der Waals surface area contributed by atoms with Crippen molar-refractivity contribution in [1.29, 1.82) is 0 Å². The Morgan fingerprint density at radius 1 is 1.47 bits per heavy atom. The molecule has 0 aliphatic rings. The van der Waals surface area contributed by atoms with Crippen LogP contribution in [0.4, 0.5) is 0 Å². The number of hydrogen-bond acceptors (Lipinski definition) is 4. The van der Waals surface area contributed by atoms with Crippen molar-refractivity contribution in [2.24, 2.45) is 5.41 Å². The third-order valence-electron chi connectivity index (χ3n) is 2.86. The Bertz CT molecular complexity index is 322. The average molecular weight is 240 g/mol. The standard InChI is InChI=1S/C12H24N4O/c1-5-16-11(14-10-15-16)8-13-9-12(2,3)6-7-17-4/h10,13H,5-9H2,1-4H3. The van der Waals surface area contributed by atoms with E-state index in [1.807, 2.05) is 4.68 Å². The molecule has 0 aliphatic heterocycles. The molecule has 1 rings (SSSR count). The Morgan fingerprint density at radius 2 is 2.24 bits per heavy atom. The molecule has 0 spiro atoms. The minimum absolute atomic E-state index is 0.243. The summed E-state index contributed by atoms with van der Waals surface area (Å²) in [6.45, 7) is 9.94. The minimum atomic E-state index is 0.243. The summed E-state index contributed by atoms with van der Waals surface area (Å²) in [6, 6.07) is 0. The number of aromatic nitrogens is 3. The maximum atomic E-state index is 5.11. The van der Waals surface area contributed by atoms with Crippen LogP contribution in [0.25, 0.3) is 0 Å². The third-order valence-corrected chi connectivity index (χ3v) is 2.86. The zero-order chi connectivity index (χ0) is 12.7. The lowest BCUT2D eigenvalue weighted by atomic mass is 9.90. The number of nitrogens with one attached hydrogen (secondary N) is 1. The first-order valence-electron chi connectivity index (χ1n) is 6.15. The van der Waals surface area contributed by atoms with Crippen LogP contribution in [0.3, 0.4) is 0 Å². The van der Waals surface area contributed by atoms with E-state index < -0.39 is 0 Å². The summed E-state index contributed by atoms with van der Waals surface area (Å²) in [5.74, 6) is 0.995. The fourth-order valence-electron chi connectivity index (χ4n) is 1.67. The van der Waals surface area contributed by atoms with E-state index in [0.29, 0.717) is 0 Å². The number of nitrogens with zero attached hydrogens (tertiary/aromatic N) is 3. The molecule has 17 heavy (non-hydrogen) atoms. The molecule has 5 heteroatoms. The van der Waals surface area contributed by atoms with Gasteiger partial charge in [0.2, 0.25) is 0 Å². The predicted molar refractivity (Wildman–Crippen MR) is 67.7 cm³/mol. The van der Waals surface area contributed by atoms with Gasteiger partial charge in [0.25, 0.3) is 0 Å². The first-order chi connectivity index (χ1) is 8.09. The van der Waals surface area contributed by atoms with Gasteiger partial charge in [-0.15, -0.1) is 0 Å². The summed E-state index contributed by atoms with van der Waals surface area (Å²) >= 11 is 0. The topological polar surface area (TPSA) is 52.0 Å². The molecule has 0 aromatic carbocycles. The molecule has 0 amide bonds. The first kappa shape index (κ1) is 14.1. The Labute approximate surface area is 104 Å². The lowest BCUT2D eigenvalue weighted by molar-refractivity contribution is 0.150. The molecule has 5 nitrogen and oxygen atoms in total. The zero-order valence-electron chi connectivity index (χ0n) is 11.4. The third kappa shape index (κ3) is 4.83. The summed E-state index contributed by atoms with van der Waals surface area (Å²) < 4.78 is 7.02. The van der Waals surface area contributed by atoms with E-state index in [4.69, 9.17) is 4.74 Å². The molecule has 0 fully saturated rings. The molecule has 0 atom stereocenters. The molecule has 0 aliphatic carbocycles. The van der Waals surface area contributed by atoms with Gasteiger partial charge in [0, 0.05) is 26.8 Å². The monoisotopic (exact) mass is 240 g/mol. The lowest BCUT2D eigenvalue weighted by Gasteiger charge is -2.24. The van der Waals surface area contributed by atoms with Crippen LogP contribution < -0.4 is 5.32 Å².